The van der Waals surface area contributed by atoms with Gasteiger partial charge < -0.3 is 14.6 Å². The molecule has 1 amide bonds. The van der Waals surface area contributed by atoms with Crippen LogP contribution in [0, 0.1) is 25.2 Å². The molecule has 0 aromatic carbocycles. The molecule has 2 aromatic heterocycles. The van der Waals surface area contributed by atoms with Crippen LogP contribution in [-0.2, 0) is 27.3 Å². The normalized spacial score (nSPS) is 11.1. The van der Waals surface area contributed by atoms with E-state index in [0.717, 1.165) is 34.8 Å². The van der Waals surface area contributed by atoms with Gasteiger partial charge in [0.15, 0.2) is 6.61 Å². The average molecular weight is 442 g/mol. The van der Waals surface area contributed by atoms with Gasteiger partial charge in [-0.05, 0) is 56.5 Å². The lowest BCUT2D eigenvalue weighted by atomic mass is 10.1. The smallest absolute Gasteiger partial charge is 0.349 e. The van der Waals surface area contributed by atoms with Gasteiger partial charge >= 0.3 is 5.97 Å². The Morgan fingerprint density at radius 2 is 2.03 bits per heavy atom. The molecule has 0 saturated heterocycles. The van der Waals surface area contributed by atoms with Crippen LogP contribution in [0.15, 0.2) is 23.8 Å². The van der Waals surface area contributed by atoms with Gasteiger partial charge in [0.2, 0.25) is 11.7 Å². The molecule has 164 valence electrons. The van der Waals surface area contributed by atoms with Gasteiger partial charge in [0.1, 0.15) is 11.6 Å². The van der Waals surface area contributed by atoms with Crippen molar-refractivity contribution in [1.82, 2.24) is 9.88 Å². The number of nitriles is 1. The van der Waals surface area contributed by atoms with Gasteiger partial charge in [-0.1, -0.05) is 6.92 Å². The van der Waals surface area contributed by atoms with Crippen molar-refractivity contribution < 1.29 is 19.1 Å². The molecule has 0 aliphatic heterocycles. The molecule has 0 saturated carbocycles. The van der Waals surface area contributed by atoms with Gasteiger partial charge in [-0.25, -0.2) is 4.79 Å². The van der Waals surface area contributed by atoms with Crippen LogP contribution in [0.25, 0.3) is 6.08 Å². The van der Waals surface area contributed by atoms with Crippen molar-refractivity contribution >= 4 is 35.1 Å². The van der Waals surface area contributed by atoms with Crippen LogP contribution >= 0.6 is 11.3 Å². The molecule has 0 bridgehead atoms. The molecule has 2 rings (SSSR count). The number of ether oxygens (including phenoxy) is 1. The van der Waals surface area contributed by atoms with Crippen LogP contribution in [-0.4, -0.2) is 35.4 Å². The molecule has 2 heterocycles. The molecule has 0 aliphatic carbocycles. The molecule has 0 fully saturated rings. The zero-order chi connectivity index (χ0) is 23.0. The summed E-state index contributed by atoms with van der Waals surface area (Å²) in [6.07, 6.45) is 3.11. The fourth-order valence-corrected chi connectivity index (χ4v) is 4.07. The highest BCUT2D eigenvalue weighted by molar-refractivity contribution is 7.14. The maximum absolute atomic E-state index is 12.3. The maximum atomic E-state index is 12.3. The Hall–Kier alpha value is -3.18. The van der Waals surface area contributed by atoms with E-state index in [-0.39, 0.29) is 17.3 Å². The number of esters is 1. The quantitative estimate of drug-likeness (QED) is 0.263. The molecule has 0 spiro atoms. The molecule has 0 aliphatic rings. The van der Waals surface area contributed by atoms with Crippen LogP contribution in [0.1, 0.15) is 51.8 Å². The molecule has 2 aromatic rings. The maximum Gasteiger partial charge on any atom is 0.349 e. The molecule has 7 nitrogen and oxygen atoms in total. The molecular weight excluding hydrogens is 414 g/mol. The summed E-state index contributed by atoms with van der Waals surface area (Å²) in [5, 5.41) is 12.1. The highest BCUT2D eigenvalue weighted by atomic mass is 32.1. The van der Waals surface area contributed by atoms with Crippen LogP contribution in [0.3, 0.4) is 0 Å². The Balaban J connectivity index is 1.99. The molecule has 8 heteroatoms. The van der Waals surface area contributed by atoms with E-state index in [1.165, 1.54) is 24.3 Å². The summed E-state index contributed by atoms with van der Waals surface area (Å²) in [7, 11) is 0. The third kappa shape index (κ3) is 6.66. The Bertz CT molecular complexity index is 1040. The second-order valence-corrected chi connectivity index (χ2v) is 8.31. The minimum absolute atomic E-state index is 0.103. The number of carbonyl (C=O) groups excluding carboxylic acids is 3. The second-order valence-electron chi connectivity index (χ2n) is 7.15. The number of Topliss-reactive ketones (excluding diaryl/α,β-unsaturated/α-hetero) is 1. The summed E-state index contributed by atoms with van der Waals surface area (Å²) in [6, 6.07) is 7.29. The van der Waals surface area contributed by atoms with Crippen LogP contribution in [0.2, 0.25) is 0 Å². The molecule has 0 radical (unpaired) electrons. The van der Waals surface area contributed by atoms with E-state index < -0.39 is 12.6 Å². The summed E-state index contributed by atoms with van der Waals surface area (Å²) in [5.41, 5.74) is 2.67. The van der Waals surface area contributed by atoms with Crippen molar-refractivity contribution in [3.05, 3.63) is 50.5 Å². The van der Waals surface area contributed by atoms with Crippen LogP contribution < -0.4 is 5.32 Å². The van der Waals surface area contributed by atoms with E-state index in [2.05, 4.69) is 16.8 Å². The lowest BCUT2D eigenvalue weighted by molar-refractivity contribution is -0.137. The van der Waals surface area contributed by atoms with Gasteiger partial charge in [0.25, 0.3) is 0 Å². The van der Waals surface area contributed by atoms with E-state index >= 15 is 0 Å². The Labute approximate surface area is 186 Å². The lowest BCUT2D eigenvalue weighted by Crippen LogP contribution is -2.22. The summed E-state index contributed by atoms with van der Waals surface area (Å²) < 4.78 is 7.23. The Morgan fingerprint density at radius 1 is 1.29 bits per heavy atom. The Morgan fingerprint density at radius 3 is 2.68 bits per heavy atom. The molecule has 1 N–H and O–H groups in total. The number of aromatic nitrogens is 1. The number of amides is 1. The number of aryl methyl sites for hydroxylation is 1. The number of ketones is 1. The zero-order valence-corrected chi connectivity index (χ0v) is 19.1. The summed E-state index contributed by atoms with van der Waals surface area (Å²) in [5.74, 6) is -1.26. The largest absolute Gasteiger partial charge is 0.453 e. The number of nitrogens with one attached hydrogen (secondary N) is 1. The van der Waals surface area contributed by atoms with Crippen molar-refractivity contribution in [2.75, 3.05) is 13.2 Å². The lowest BCUT2D eigenvalue weighted by Gasteiger charge is -2.07. The molecular formula is C23H27N3O4S. The second kappa shape index (κ2) is 11.3. The van der Waals surface area contributed by atoms with Crippen LogP contribution in [0.5, 0.6) is 0 Å². The monoisotopic (exact) mass is 441 g/mol. The number of carbonyl (C=O) groups is 3. The minimum Gasteiger partial charge on any atom is -0.453 e. The van der Waals surface area contributed by atoms with Crippen LogP contribution in [0.4, 0.5) is 0 Å². The molecule has 31 heavy (non-hydrogen) atoms. The number of thiophene rings is 1. The molecule has 0 atom stereocenters. The highest BCUT2D eigenvalue weighted by Gasteiger charge is 2.17. The summed E-state index contributed by atoms with van der Waals surface area (Å²) in [6.45, 7) is 8.38. The van der Waals surface area contributed by atoms with Crippen molar-refractivity contribution in [2.24, 2.45) is 0 Å². The Kier molecular flexibility index (Phi) is 8.76. The number of rotatable bonds is 10. The number of hydrogen-bond donors (Lipinski definition) is 1. The topological polar surface area (TPSA) is 101 Å². The molecule has 0 unspecified atom stereocenters. The van der Waals surface area contributed by atoms with Gasteiger partial charge in [0.05, 0.1) is 4.88 Å². The first-order valence-electron chi connectivity index (χ1n) is 10.1. The summed E-state index contributed by atoms with van der Waals surface area (Å²) in [4.78, 5) is 37.0. The third-order valence-electron chi connectivity index (χ3n) is 4.72. The van der Waals surface area contributed by atoms with Gasteiger partial charge in [-0.3, -0.25) is 9.59 Å². The SMILES string of the molecule is CCCn1c(C)cc(/C=C(\C#N)C(=O)OCC(=O)c2ccc(CCNC(C)=O)s2)c1C. The van der Waals surface area contributed by atoms with Gasteiger partial charge in [0, 0.05) is 36.3 Å². The van der Waals surface area contributed by atoms with Crippen molar-refractivity contribution in [2.45, 2.75) is 47.1 Å². The minimum atomic E-state index is -0.821. The van der Waals surface area contributed by atoms with E-state index in [1.807, 2.05) is 32.0 Å². The predicted octanol–water partition coefficient (Wildman–Crippen LogP) is 3.59. The highest BCUT2D eigenvalue weighted by Crippen LogP contribution is 2.20. The van der Waals surface area contributed by atoms with Crippen molar-refractivity contribution in [3.63, 3.8) is 0 Å². The number of nitrogens with zero attached hydrogens (tertiary/aromatic N) is 2. The van der Waals surface area contributed by atoms with Crippen molar-refractivity contribution in [3.8, 4) is 6.07 Å². The van der Waals surface area contributed by atoms with E-state index in [0.29, 0.717) is 17.8 Å². The fraction of sp³-hybridized carbons (Fsp3) is 0.391. The summed E-state index contributed by atoms with van der Waals surface area (Å²) >= 11 is 1.30. The number of hydrogen-bond acceptors (Lipinski definition) is 6. The first-order valence-corrected chi connectivity index (χ1v) is 10.9. The fourth-order valence-electron chi connectivity index (χ4n) is 3.14. The first-order chi connectivity index (χ1) is 14.8. The van der Waals surface area contributed by atoms with E-state index in [9.17, 15) is 19.6 Å². The first kappa shape index (κ1) is 24.1. The standard InChI is InChI=1S/C23H27N3O4S/c1-5-10-26-15(2)11-18(16(26)3)12-19(13-24)23(29)30-14-21(28)22-7-6-20(31-22)8-9-25-17(4)27/h6-7,11-12H,5,8-10,14H2,1-4H3,(H,25,27)/b19-12+. The van der Waals surface area contributed by atoms with E-state index in [4.69, 9.17) is 4.74 Å². The van der Waals surface area contributed by atoms with Crippen molar-refractivity contribution in [1.29, 1.82) is 5.26 Å². The third-order valence-corrected chi connectivity index (χ3v) is 5.90. The van der Waals surface area contributed by atoms with E-state index in [1.54, 1.807) is 6.07 Å². The zero-order valence-electron chi connectivity index (χ0n) is 18.3. The van der Waals surface area contributed by atoms with Gasteiger partial charge in [-0.2, -0.15) is 5.26 Å². The predicted molar refractivity (Wildman–Crippen MR) is 120 cm³/mol. The van der Waals surface area contributed by atoms with Gasteiger partial charge in [-0.15, -0.1) is 11.3 Å². The average Bonchev–Trinajstić information content (AvgIpc) is 3.30.